The number of carbonyl (C=O) groups is 2. The van der Waals surface area contributed by atoms with Crippen LogP contribution in [0.2, 0.25) is 0 Å². The van der Waals surface area contributed by atoms with Crippen LogP contribution in [-0.4, -0.2) is 39.4 Å². The first-order valence-electron chi connectivity index (χ1n) is 12.7. The number of ketones is 1. The van der Waals surface area contributed by atoms with Gasteiger partial charge < -0.3 is 19.5 Å². The van der Waals surface area contributed by atoms with E-state index in [4.69, 9.17) is 9.47 Å². The molecule has 3 aromatic rings. The lowest BCUT2D eigenvalue weighted by Crippen LogP contribution is -2.29. The normalized spacial score (nSPS) is 20.1. The lowest BCUT2D eigenvalue weighted by atomic mass is 9.94. The van der Waals surface area contributed by atoms with E-state index in [2.05, 4.69) is 11.9 Å². The van der Waals surface area contributed by atoms with Gasteiger partial charge in [0.2, 0.25) is 0 Å². The number of amides is 1. The second-order valence-electron chi connectivity index (χ2n) is 9.51. The summed E-state index contributed by atoms with van der Waals surface area (Å²) in [5, 5.41) is 11.4. The molecule has 0 radical (unpaired) electrons. The number of rotatable bonds is 8. The topological polar surface area (TPSA) is 89.0 Å². The maximum absolute atomic E-state index is 13.4. The minimum Gasteiger partial charge on any atom is -0.507 e. The predicted octanol–water partition coefficient (Wildman–Crippen LogP) is 5.21. The van der Waals surface area contributed by atoms with Gasteiger partial charge in [0.25, 0.3) is 11.7 Å². The fraction of sp³-hybridized carbons (Fsp3) is 0.300. The van der Waals surface area contributed by atoms with Gasteiger partial charge in [0.05, 0.1) is 18.2 Å². The van der Waals surface area contributed by atoms with E-state index in [0.717, 1.165) is 29.7 Å². The average molecular weight is 499 g/mol. The van der Waals surface area contributed by atoms with Crippen LogP contribution in [-0.2, 0) is 22.6 Å². The summed E-state index contributed by atoms with van der Waals surface area (Å²) in [7, 11) is 0. The summed E-state index contributed by atoms with van der Waals surface area (Å²) in [4.78, 5) is 32.3. The summed E-state index contributed by atoms with van der Waals surface area (Å²) in [6.45, 7) is 4.89. The molecule has 0 unspecified atom stereocenters. The van der Waals surface area contributed by atoms with Crippen LogP contribution in [0.15, 0.2) is 72.6 Å². The molecule has 190 valence electrons. The molecule has 3 heterocycles. The smallest absolute Gasteiger partial charge is 0.295 e. The molecule has 1 saturated heterocycles. The van der Waals surface area contributed by atoms with Crippen molar-refractivity contribution >= 4 is 17.4 Å². The molecule has 2 aliphatic rings. The number of hydrogen-bond donors (Lipinski definition) is 1. The first-order chi connectivity index (χ1) is 18.0. The van der Waals surface area contributed by atoms with E-state index in [0.29, 0.717) is 29.9 Å². The zero-order valence-electron chi connectivity index (χ0n) is 21.0. The number of fused-ring (bicyclic) bond motifs is 1. The Bertz CT molecular complexity index is 1330. The summed E-state index contributed by atoms with van der Waals surface area (Å²) in [5.74, 6) is -0.0651. The lowest BCUT2D eigenvalue weighted by molar-refractivity contribution is -0.140. The number of pyridine rings is 1. The number of unbranched alkanes of at least 4 members (excludes halogenated alkanes) is 1. The minimum atomic E-state index is -0.756. The third kappa shape index (κ3) is 4.94. The van der Waals surface area contributed by atoms with Crippen LogP contribution in [0.1, 0.15) is 55.0 Å². The van der Waals surface area contributed by atoms with Crippen molar-refractivity contribution in [3.8, 4) is 11.5 Å². The third-order valence-corrected chi connectivity index (χ3v) is 6.75. The second-order valence-corrected chi connectivity index (χ2v) is 9.51. The first-order valence-corrected chi connectivity index (χ1v) is 12.7. The number of likely N-dealkylation sites (tertiary alicyclic amines) is 1. The predicted molar refractivity (Wildman–Crippen MR) is 139 cm³/mol. The number of aromatic nitrogens is 1. The Hall–Kier alpha value is -4.13. The fourth-order valence-electron chi connectivity index (χ4n) is 4.88. The molecule has 37 heavy (non-hydrogen) atoms. The minimum absolute atomic E-state index is 0.0514. The van der Waals surface area contributed by atoms with Crippen molar-refractivity contribution in [1.29, 1.82) is 0 Å². The summed E-state index contributed by atoms with van der Waals surface area (Å²) < 4.78 is 11.6. The Morgan fingerprint density at radius 2 is 1.97 bits per heavy atom. The van der Waals surface area contributed by atoms with Crippen molar-refractivity contribution in [3.05, 3.63) is 94.8 Å². The number of aliphatic hydroxyl groups is 1. The molecule has 2 aliphatic heterocycles. The molecular formula is C30H30N2O5. The van der Waals surface area contributed by atoms with Gasteiger partial charge in [0, 0.05) is 30.9 Å². The van der Waals surface area contributed by atoms with Gasteiger partial charge in [-0.25, -0.2) is 0 Å². The summed E-state index contributed by atoms with van der Waals surface area (Å²) in [6, 6.07) is 15.6. The number of carbonyl (C=O) groups excluding carboxylic acids is 2. The summed E-state index contributed by atoms with van der Waals surface area (Å²) in [6.07, 6.45) is 6.09. The number of nitrogens with zero attached hydrogens (tertiary/aromatic N) is 2. The molecule has 1 aromatic heterocycles. The highest BCUT2D eigenvalue weighted by atomic mass is 16.5. The van der Waals surface area contributed by atoms with Crippen LogP contribution in [0.4, 0.5) is 0 Å². The monoisotopic (exact) mass is 498 g/mol. The molecule has 0 bridgehead atoms. The summed E-state index contributed by atoms with van der Waals surface area (Å²) >= 11 is 0. The van der Waals surface area contributed by atoms with Crippen LogP contribution in [0, 0.1) is 0 Å². The van der Waals surface area contributed by atoms with E-state index in [1.165, 1.54) is 4.90 Å². The standard InChI is InChI=1S/C30H30N2O5/c1-3-4-14-36-24-10-7-21(8-11-24)27-26(28(33)22-9-12-25-23(16-22)15-19(2)37-25)29(34)30(35)32(27)18-20-6-5-13-31-17-20/h5-13,16-17,19,27,33H,3-4,14-15,18H2,1-2H3/t19-,27+/m0/s1. The molecule has 5 rings (SSSR count). The second kappa shape index (κ2) is 10.5. The molecule has 2 aromatic carbocycles. The van der Waals surface area contributed by atoms with Gasteiger partial charge in [-0.1, -0.05) is 31.5 Å². The fourth-order valence-corrected chi connectivity index (χ4v) is 4.88. The maximum atomic E-state index is 13.4. The van der Waals surface area contributed by atoms with Gasteiger partial charge >= 0.3 is 0 Å². The van der Waals surface area contributed by atoms with Crippen molar-refractivity contribution in [3.63, 3.8) is 0 Å². The third-order valence-electron chi connectivity index (χ3n) is 6.75. The quantitative estimate of drug-likeness (QED) is 0.199. The van der Waals surface area contributed by atoms with Gasteiger partial charge in [0.1, 0.15) is 23.4 Å². The number of aliphatic hydroxyl groups excluding tert-OH is 1. The molecule has 2 atom stereocenters. The van der Waals surface area contributed by atoms with Crippen LogP contribution in [0.5, 0.6) is 11.5 Å². The van der Waals surface area contributed by atoms with E-state index >= 15 is 0 Å². The van der Waals surface area contributed by atoms with Crippen molar-refractivity contribution in [2.45, 2.75) is 51.8 Å². The van der Waals surface area contributed by atoms with Crippen LogP contribution >= 0.6 is 0 Å². The van der Waals surface area contributed by atoms with E-state index in [9.17, 15) is 14.7 Å². The Morgan fingerprint density at radius 1 is 1.16 bits per heavy atom. The molecule has 7 nitrogen and oxygen atoms in total. The van der Waals surface area contributed by atoms with E-state index in [1.807, 2.05) is 43.3 Å². The zero-order valence-corrected chi connectivity index (χ0v) is 21.0. The highest BCUT2D eigenvalue weighted by Crippen LogP contribution is 2.41. The van der Waals surface area contributed by atoms with Crippen molar-refractivity contribution < 1.29 is 24.2 Å². The zero-order chi connectivity index (χ0) is 25.9. The van der Waals surface area contributed by atoms with Gasteiger partial charge in [-0.05, 0) is 66.4 Å². The highest BCUT2D eigenvalue weighted by molar-refractivity contribution is 6.46. The maximum Gasteiger partial charge on any atom is 0.295 e. The van der Waals surface area contributed by atoms with Gasteiger partial charge in [0.15, 0.2) is 0 Å². The van der Waals surface area contributed by atoms with E-state index in [1.54, 1.807) is 30.6 Å². The Balaban J connectivity index is 1.56. The number of benzene rings is 2. The van der Waals surface area contributed by atoms with Crippen molar-refractivity contribution in [1.82, 2.24) is 9.88 Å². The van der Waals surface area contributed by atoms with Crippen molar-refractivity contribution in [2.24, 2.45) is 0 Å². The number of hydrogen-bond acceptors (Lipinski definition) is 6. The lowest BCUT2D eigenvalue weighted by Gasteiger charge is -2.25. The van der Waals surface area contributed by atoms with Crippen LogP contribution < -0.4 is 9.47 Å². The van der Waals surface area contributed by atoms with Crippen LogP contribution in [0.25, 0.3) is 5.76 Å². The van der Waals surface area contributed by atoms with Gasteiger partial charge in [-0.15, -0.1) is 0 Å². The Labute approximate surface area is 216 Å². The SMILES string of the molecule is CCCCOc1ccc([C@@H]2C(=C(O)c3ccc4c(c3)C[C@H](C)O4)C(=O)C(=O)N2Cc2cccnc2)cc1. The van der Waals surface area contributed by atoms with Crippen LogP contribution in [0.3, 0.4) is 0 Å². The molecule has 1 amide bonds. The van der Waals surface area contributed by atoms with Crippen molar-refractivity contribution in [2.75, 3.05) is 6.61 Å². The highest BCUT2D eigenvalue weighted by Gasteiger charge is 2.46. The van der Waals surface area contributed by atoms with E-state index in [-0.39, 0.29) is 24.0 Å². The number of ether oxygens (including phenoxy) is 2. The summed E-state index contributed by atoms with van der Waals surface area (Å²) in [5.41, 5.74) is 3.02. The molecule has 0 aliphatic carbocycles. The van der Waals surface area contributed by atoms with E-state index < -0.39 is 17.7 Å². The molecule has 7 heteroatoms. The molecular weight excluding hydrogens is 468 g/mol. The molecule has 0 saturated carbocycles. The molecule has 0 spiro atoms. The average Bonchev–Trinajstić information content (AvgIpc) is 3.40. The molecule has 1 fully saturated rings. The van der Waals surface area contributed by atoms with Gasteiger partial charge in [-0.3, -0.25) is 14.6 Å². The molecule has 1 N–H and O–H groups in total. The Kier molecular flexibility index (Phi) is 6.95. The largest absolute Gasteiger partial charge is 0.507 e. The van der Waals surface area contributed by atoms with Gasteiger partial charge in [-0.2, -0.15) is 0 Å². The number of Topliss-reactive ketones (excluding diaryl/α,β-unsaturated/α-hetero) is 1. The Morgan fingerprint density at radius 3 is 2.70 bits per heavy atom. The first kappa shape index (κ1) is 24.6.